The molecular weight excluding hydrogens is 236 g/mol. The molecule has 1 fully saturated rings. The van der Waals surface area contributed by atoms with Crippen molar-refractivity contribution in [2.45, 2.75) is 44.6 Å². The Morgan fingerprint density at radius 2 is 2.16 bits per heavy atom. The zero-order valence-electron chi connectivity index (χ0n) is 11.3. The van der Waals surface area contributed by atoms with Gasteiger partial charge in [-0.3, -0.25) is 0 Å². The van der Waals surface area contributed by atoms with Crippen molar-refractivity contribution >= 4 is 0 Å². The monoisotopic (exact) mass is 256 g/mol. The summed E-state index contributed by atoms with van der Waals surface area (Å²) in [5, 5.41) is 10.5. The van der Waals surface area contributed by atoms with E-state index < -0.39 is 6.10 Å². The third-order valence-corrected chi connectivity index (χ3v) is 4.20. The summed E-state index contributed by atoms with van der Waals surface area (Å²) < 4.78 is 5.41. The maximum Gasteiger partial charge on any atom is 0.109 e. The van der Waals surface area contributed by atoms with Crippen molar-refractivity contribution in [3.63, 3.8) is 0 Å². The molecule has 3 rings (SSSR count). The summed E-state index contributed by atoms with van der Waals surface area (Å²) in [5.41, 5.74) is 3.23. The number of hydrogen-bond acceptors (Lipinski definition) is 2. The van der Waals surface area contributed by atoms with Crippen LogP contribution in [0.4, 0.5) is 0 Å². The number of benzene rings is 1. The van der Waals surface area contributed by atoms with Gasteiger partial charge in [-0.2, -0.15) is 0 Å². The quantitative estimate of drug-likeness (QED) is 0.889. The second-order valence-corrected chi connectivity index (χ2v) is 5.35. The van der Waals surface area contributed by atoms with Gasteiger partial charge in [0.2, 0.25) is 0 Å². The lowest BCUT2D eigenvalue weighted by Gasteiger charge is -2.26. The normalized spacial score (nSPS) is 17.2. The van der Waals surface area contributed by atoms with E-state index >= 15 is 0 Å². The molecule has 0 radical (unpaired) electrons. The molecule has 1 aliphatic rings. The van der Waals surface area contributed by atoms with Crippen molar-refractivity contribution in [3.8, 4) is 0 Å². The van der Waals surface area contributed by atoms with Crippen molar-refractivity contribution < 1.29 is 9.52 Å². The van der Waals surface area contributed by atoms with Crippen LogP contribution in [0.5, 0.6) is 0 Å². The predicted molar refractivity (Wildman–Crippen MR) is 75.2 cm³/mol. The molecule has 2 heteroatoms. The third-order valence-electron chi connectivity index (χ3n) is 4.20. The van der Waals surface area contributed by atoms with E-state index in [0.29, 0.717) is 5.92 Å². The lowest BCUT2D eigenvalue weighted by molar-refractivity contribution is 0.217. The van der Waals surface area contributed by atoms with Crippen LogP contribution in [0.25, 0.3) is 0 Å². The number of aryl methyl sites for hydroxylation is 1. The standard InChI is InChI=1S/C17H20O2/c1-2-16-15(9-10-19-16)17(18)14-8-4-7-13(11-14)12-5-3-6-12/h4,7-12,17-18H,2-3,5-6H2,1H3. The first-order chi connectivity index (χ1) is 9.29. The molecule has 19 heavy (non-hydrogen) atoms. The molecule has 0 amide bonds. The van der Waals surface area contributed by atoms with Gasteiger partial charge in [-0.15, -0.1) is 0 Å². The number of hydrogen-bond donors (Lipinski definition) is 1. The molecule has 100 valence electrons. The molecule has 1 unspecified atom stereocenters. The van der Waals surface area contributed by atoms with Gasteiger partial charge in [0.1, 0.15) is 11.9 Å². The maximum absolute atomic E-state index is 10.5. The van der Waals surface area contributed by atoms with Crippen LogP contribution in [0, 0.1) is 0 Å². The second-order valence-electron chi connectivity index (χ2n) is 5.35. The lowest BCUT2D eigenvalue weighted by atomic mass is 9.79. The van der Waals surface area contributed by atoms with E-state index in [1.54, 1.807) is 6.26 Å². The molecule has 2 aromatic rings. The van der Waals surface area contributed by atoms with Crippen molar-refractivity contribution in [3.05, 3.63) is 59.0 Å². The second kappa shape index (κ2) is 5.22. The highest BCUT2D eigenvalue weighted by atomic mass is 16.3. The molecule has 1 heterocycles. The summed E-state index contributed by atoms with van der Waals surface area (Å²) in [6.45, 7) is 2.04. The molecule has 1 atom stereocenters. The first-order valence-corrected chi connectivity index (χ1v) is 7.13. The van der Waals surface area contributed by atoms with Gasteiger partial charge in [-0.1, -0.05) is 37.6 Å². The van der Waals surface area contributed by atoms with Crippen molar-refractivity contribution in [1.82, 2.24) is 0 Å². The van der Waals surface area contributed by atoms with E-state index in [1.165, 1.54) is 24.8 Å². The van der Waals surface area contributed by atoms with Crippen LogP contribution in [-0.4, -0.2) is 5.11 Å². The van der Waals surface area contributed by atoms with Crippen LogP contribution in [0.2, 0.25) is 0 Å². The van der Waals surface area contributed by atoms with Crippen LogP contribution >= 0.6 is 0 Å². The van der Waals surface area contributed by atoms with Gasteiger partial charge < -0.3 is 9.52 Å². The highest BCUT2D eigenvalue weighted by Gasteiger charge is 2.21. The van der Waals surface area contributed by atoms with E-state index in [9.17, 15) is 5.11 Å². The summed E-state index contributed by atoms with van der Waals surface area (Å²) in [6, 6.07) is 10.3. The molecule has 0 bridgehead atoms. The SMILES string of the molecule is CCc1occc1C(O)c1cccc(C2CCC2)c1. The molecule has 1 saturated carbocycles. The van der Waals surface area contributed by atoms with Crippen molar-refractivity contribution in [2.75, 3.05) is 0 Å². The summed E-state index contributed by atoms with van der Waals surface area (Å²) in [5.74, 6) is 1.57. The number of rotatable bonds is 4. The molecule has 1 aromatic heterocycles. The topological polar surface area (TPSA) is 33.4 Å². The Morgan fingerprint density at radius 1 is 1.32 bits per heavy atom. The predicted octanol–water partition coefficient (Wildman–Crippen LogP) is 4.19. The molecule has 1 N–H and O–H groups in total. The van der Waals surface area contributed by atoms with Crippen LogP contribution < -0.4 is 0 Å². The van der Waals surface area contributed by atoms with Gasteiger partial charge >= 0.3 is 0 Å². The van der Waals surface area contributed by atoms with Crippen molar-refractivity contribution in [1.29, 1.82) is 0 Å². The Hall–Kier alpha value is -1.54. The minimum atomic E-state index is -0.575. The molecule has 0 spiro atoms. The smallest absolute Gasteiger partial charge is 0.109 e. The Bertz CT molecular complexity index is 552. The van der Waals surface area contributed by atoms with Crippen LogP contribution in [0.3, 0.4) is 0 Å². The summed E-state index contributed by atoms with van der Waals surface area (Å²) >= 11 is 0. The maximum atomic E-state index is 10.5. The molecule has 0 aliphatic heterocycles. The minimum absolute atomic E-state index is 0.575. The zero-order chi connectivity index (χ0) is 13.2. The Balaban J connectivity index is 1.88. The van der Waals surface area contributed by atoms with Gasteiger partial charge in [-0.05, 0) is 36.0 Å². The summed E-state index contributed by atoms with van der Waals surface area (Å²) in [7, 11) is 0. The molecule has 0 saturated heterocycles. The van der Waals surface area contributed by atoms with Crippen LogP contribution in [-0.2, 0) is 6.42 Å². The highest BCUT2D eigenvalue weighted by molar-refractivity contribution is 5.35. The average molecular weight is 256 g/mol. The average Bonchev–Trinajstić information content (AvgIpc) is 2.84. The first-order valence-electron chi connectivity index (χ1n) is 7.13. The largest absolute Gasteiger partial charge is 0.469 e. The Labute approximate surface area is 114 Å². The fourth-order valence-electron chi connectivity index (χ4n) is 2.79. The molecule has 2 nitrogen and oxygen atoms in total. The van der Waals surface area contributed by atoms with E-state index in [-0.39, 0.29) is 0 Å². The van der Waals surface area contributed by atoms with Gasteiger partial charge in [0.15, 0.2) is 0 Å². The molecular formula is C17H20O2. The Kier molecular flexibility index (Phi) is 3.43. The third kappa shape index (κ3) is 2.33. The van der Waals surface area contributed by atoms with Crippen LogP contribution in [0.1, 0.15) is 60.7 Å². The number of aliphatic hydroxyl groups excluding tert-OH is 1. The number of aliphatic hydroxyl groups is 1. The minimum Gasteiger partial charge on any atom is -0.469 e. The summed E-state index contributed by atoms with van der Waals surface area (Å²) in [4.78, 5) is 0. The van der Waals surface area contributed by atoms with Crippen molar-refractivity contribution in [2.24, 2.45) is 0 Å². The van der Waals surface area contributed by atoms with E-state index in [4.69, 9.17) is 4.42 Å². The molecule has 1 aromatic carbocycles. The zero-order valence-corrected chi connectivity index (χ0v) is 11.3. The van der Waals surface area contributed by atoms with Gasteiger partial charge in [0.05, 0.1) is 6.26 Å². The molecule has 1 aliphatic carbocycles. The lowest BCUT2D eigenvalue weighted by Crippen LogP contribution is -2.10. The Morgan fingerprint density at radius 3 is 2.84 bits per heavy atom. The number of furan rings is 1. The highest BCUT2D eigenvalue weighted by Crippen LogP contribution is 2.37. The summed E-state index contributed by atoms with van der Waals surface area (Å²) in [6.07, 6.45) is 5.79. The van der Waals surface area contributed by atoms with Gasteiger partial charge in [-0.25, -0.2) is 0 Å². The van der Waals surface area contributed by atoms with Crippen LogP contribution in [0.15, 0.2) is 41.0 Å². The fourth-order valence-corrected chi connectivity index (χ4v) is 2.79. The van der Waals surface area contributed by atoms with E-state index in [0.717, 1.165) is 23.3 Å². The van der Waals surface area contributed by atoms with E-state index in [1.807, 2.05) is 19.1 Å². The van der Waals surface area contributed by atoms with Gasteiger partial charge in [0, 0.05) is 12.0 Å². The fraction of sp³-hybridized carbons (Fsp3) is 0.412. The van der Waals surface area contributed by atoms with E-state index in [2.05, 4.69) is 18.2 Å². The first kappa shape index (κ1) is 12.5. The van der Waals surface area contributed by atoms with Gasteiger partial charge in [0.25, 0.3) is 0 Å².